The number of alkyl halides is 3. The van der Waals surface area contributed by atoms with Gasteiger partial charge in [-0.15, -0.1) is 0 Å². The molecular weight excluding hydrogens is 299 g/mol. The largest absolute Gasteiger partial charge is 0.415 e. The summed E-state index contributed by atoms with van der Waals surface area (Å²) in [4.78, 5) is 17.8. The summed E-state index contributed by atoms with van der Waals surface area (Å²) in [6.07, 6.45) is -7.10. The first-order chi connectivity index (χ1) is 10.2. The first-order valence-corrected chi connectivity index (χ1v) is 6.58. The Balaban J connectivity index is 2.25. The van der Waals surface area contributed by atoms with Gasteiger partial charge in [0, 0.05) is 13.6 Å². The van der Waals surface area contributed by atoms with Gasteiger partial charge in [0.1, 0.15) is 5.82 Å². The van der Waals surface area contributed by atoms with Crippen molar-refractivity contribution >= 4 is 10.9 Å². The molecule has 0 amide bonds. The van der Waals surface area contributed by atoms with E-state index in [0.717, 1.165) is 0 Å². The second-order valence-corrected chi connectivity index (χ2v) is 5.16. The molecule has 0 saturated carbocycles. The van der Waals surface area contributed by atoms with E-state index in [1.54, 1.807) is 24.3 Å². The van der Waals surface area contributed by atoms with E-state index in [1.807, 2.05) is 0 Å². The number of benzene rings is 1. The molecule has 0 aliphatic rings. The SMILES string of the molecule is CN(Cc1nc2ccccc2c(=O)n1C)CC(O)C(F)(F)F. The highest BCUT2D eigenvalue weighted by Gasteiger charge is 2.38. The highest BCUT2D eigenvalue weighted by molar-refractivity contribution is 5.77. The molecule has 0 spiro atoms. The molecule has 0 aliphatic heterocycles. The molecule has 0 saturated heterocycles. The quantitative estimate of drug-likeness (QED) is 0.924. The van der Waals surface area contributed by atoms with E-state index >= 15 is 0 Å². The van der Waals surface area contributed by atoms with E-state index in [2.05, 4.69) is 4.98 Å². The van der Waals surface area contributed by atoms with Crippen LogP contribution >= 0.6 is 0 Å². The molecule has 22 heavy (non-hydrogen) atoms. The number of nitrogens with zero attached hydrogens (tertiary/aromatic N) is 3. The van der Waals surface area contributed by atoms with Gasteiger partial charge in [-0.2, -0.15) is 13.2 Å². The van der Waals surface area contributed by atoms with Gasteiger partial charge in [-0.05, 0) is 19.2 Å². The van der Waals surface area contributed by atoms with Crippen molar-refractivity contribution < 1.29 is 18.3 Å². The van der Waals surface area contributed by atoms with E-state index in [1.165, 1.54) is 23.6 Å². The van der Waals surface area contributed by atoms with Gasteiger partial charge in [-0.1, -0.05) is 12.1 Å². The van der Waals surface area contributed by atoms with Crippen molar-refractivity contribution in [3.8, 4) is 0 Å². The third-order valence-corrected chi connectivity index (χ3v) is 3.35. The zero-order valence-corrected chi connectivity index (χ0v) is 12.1. The van der Waals surface area contributed by atoms with Gasteiger partial charge >= 0.3 is 6.18 Å². The van der Waals surface area contributed by atoms with Crippen molar-refractivity contribution in [2.45, 2.75) is 18.8 Å². The topological polar surface area (TPSA) is 58.4 Å². The van der Waals surface area contributed by atoms with Gasteiger partial charge in [0.05, 0.1) is 17.4 Å². The smallest absolute Gasteiger partial charge is 0.382 e. The Labute approximate surface area is 124 Å². The van der Waals surface area contributed by atoms with Crippen LogP contribution in [-0.2, 0) is 13.6 Å². The van der Waals surface area contributed by atoms with Gasteiger partial charge in [0.2, 0.25) is 0 Å². The molecule has 120 valence electrons. The lowest BCUT2D eigenvalue weighted by Gasteiger charge is -2.22. The molecule has 0 fully saturated rings. The molecule has 1 aromatic heterocycles. The summed E-state index contributed by atoms with van der Waals surface area (Å²) in [5, 5.41) is 9.52. The van der Waals surface area contributed by atoms with Gasteiger partial charge in [-0.3, -0.25) is 14.3 Å². The third-order valence-electron chi connectivity index (χ3n) is 3.35. The van der Waals surface area contributed by atoms with Gasteiger partial charge in [0.15, 0.2) is 6.10 Å². The maximum absolute atomic E-state index is 12.4. The third kappa shape index (κ3) is 3.45. The minimum absolute atomic E-state index is 0.0176. The molecule has 5 nitrogen and oxygen atoms in total. The summed E-state index contributed by atoms with van der Waals surface area (Å²) in [6, 6.07) is 6.77. The van der Waals surface area contributed by atoms with Crippen molar-refractivity contribution in [3.63, 3.8) is 0 Å². The molecule has 1 aromatic carbocycles. The van der Waals surface area contributed by atoms with Crippen molar-refractivity contribution in [2.75, 3.05) is 13.6 Å². The van der Waals surface area contributed by atoms with Crippen LogP contribution in [0.3, 0.4) is 0 Å². The highest BCUT2D eigenvalue weighted by Crippen LogP contribution is 2.20. The first kappa shape index (κ1) is 16.4. The Kier molecular flexibility index (Phi) is 4.52. The van der Waals surface area contributed by atoms with Crippen LogP contribution in [0, 0.1) is 0 Å². The Morgan fingerprint density at radius 1 is 1.36 bits per heavy atom. The molecule has 0 radical (unpaired) electrons. The average molecular weight is 315 g/mol. The number of hydrogen-bond donors (Lipinski definition) is 1. The van der Waals surface area contributed by atoms with Crippen LogP contribution < -0.4 is 5.56 Å². The van der Waals surface area contributed by atoms with Crippen LogP contribution in [-0.4, -0.2) is 45.4 Å². The Morgan fingerprint density at radius 2 is 2.00 bits per heavy atom. The van der Waals surface area contributed by atoms with E-state index < -0.39 is 18.8 Å². The Hall–Kier alpha value is -1.93. The maximum Gasteiger partial charge on any atom is 0.415 e. The number of rotatable bonds is 4. The zero-order chi connectivity index (χ0) is 16.5. The fraction of sp³-hybridized carbons (Fsp3) is 0.429. The van der Waals surface area contributed by atoms with Crippen molar-refractivity contribution in [1.29, 1.82) is 0 Å². The van der Waals surface area contributed by atoms with Gasteiger partial charge < -0.3 is 5.11 Å². The summed E-state index contributed by atoms with van der Waals surface area (Å²) < 4.78 is 38.4. The number of aliphatic hydroxyl groups is 1. The summed E-state index contributed by atoms with van der Waals surface area (Å²) in [5.74, 6) is 0.334. The second kappa shape index (κ2) is 6.05. The van der Waals surface area contributed by atoms with Crippen LogP contribution in [0.25, 0.3) is 10.9 Å². The van der Waals surface area contributed by atoms with Crippen LogP contribution in [0.1, 0.15) is 5.82 Å². The summed E-state index contributed by atoms with van der Waals surface area (Å²) in [5.41, 5.74) is 0.232. The van der Waals surface area contributed by atoms with E-state index in [-0.39, 0.29) is 12.1 Å². The Bertz CT molecular complexity index is 727. The number of aliphatic hydroxyl groups excluding tert-OH is 1. The standard InChI is InChI=1S/C14H16F3N3O2/c1-19(7-11(21)14(15,16)17)8-12-18-10-6-4-3-5-9(10)13(22)20(12)2/h3-6,11,21H,7-8H2,1-2H3. The number of aromatic nitrogens is 2. The summed E-state index contributed by atoms with van der Waals surface area (Å²) >= 11 is 0. The lowest BCUT2D eigenvalue weighted by molar-refractivity contribution is -0.207. The number of likely N-dealkylation sites (N-methyl/N-ethyl adjacent to an activating group) is 1. The first-order valence-electron chi connectivity index (χ1n) is 6.58. The molecule has 1 atom stereocenters. The molecule has 0 aliphatic carbocycles. The molecule has 2 aromatic rings. The van der Waals surface area contributed by atoms with E-state index in [0.29, 0.717) is 16.7 Å². The molecule has 2 rings (SSSR count). The van der Waals surface area contributed by atoms with Gasteiger partial charge in [0.25, 0.3) is 5.56 Å². The number of para-hydroxylation sites is 1. The normalized spacial score (nSPS) is 13.8. The molecule has 0 bridgehead atoms. The van der Waals surface area contributed by atoms with E-state index in [4.69, 9.17) is 5.11 Å². The minimum Gasteiger partial charge on any atom is -0.382 e. The number of hydrogen-bond acceptors (Lipinski definition) is 4. The number of fused-ring (bicyclic) bond motifs is 1. The van der Waals surface area contributed by atoms with Crippen molar-refractivity contribution in [2.24, 2.45) is 7.05 Å². The molecule has 8 heteroatoms. The fourth-order valence-electron chi connectivity index (χ4n) is 2.11. The molecule has 1 N–H and O–H groups in total. The highest BCUT2D eigenvalue weighted by atomic mass is 19.4. The fourth-order valence-corrected chi connectivity index (χ4v) is 2.11. The molecule has 1 heterocycles. The van der Waals surface area contributed by atoms with Crippen LogP contribution in [0.4, 0.5) is 13.2 Å². The van der Waals surface area contributed by atoms with Crippen LogP contribution in [0.2, 0.25) is 0 Å². The minimum atomic E-state index is -4.67. The number of halogens is 3. The van der Waals surface area contributed by atoms with E-state index in [9.17, 15) is 18.0 Å². The predicted octanol–water partition coefficient (Wildman–Crippen LogP) is 1.29. The molecular formula is C14H16F3N3O2. The van der Waals surface area contributed by atoms with Crippen LogP contribution in [0.5, 0.6) is 0 Å². The molecule has 1 unspecified atom stereocenters. The van der Waals surface area contributed by atoms with Crippen LogP contribution in [0.15, 0.2) is 29.1 Å². The predicted molar refractivity (Wildman–Crippen MR) is 75.4 cm³/mol. The van der Waals surface area contributed by atoms with Gasteiger partial charge in [-0.25, -0.2) is 4.98 Å². The Morgan fingerprint density at radius 3 is 2.64 bits per heavy atom. The monoisotopic (exact) mass is 315 g/mol. The lowest BCUT2D eigenvalue weighted by Crippen LogP contribution is -2.40. The second-order valence-electron chi connectivity index (χ2n) is 5.16. The van der Waals surface area contributed by atoms with Crippen molar-refractivity contribution in [3.05, 3.63) is 40.4 Å². The van der Waals surface area contributed by atoms with Crippen molar-refractivity contribution in [1.82, 2.24) is 14.5 Å². The summed E-state index contributed by atoms with van der Waals surface area (Å²) in [6.45, 7) is -0.574. The maximum atomic E-state index is 12.4. The summed E-state index contributed by atoms with van der Waals surface area (Å²) in [7, 11) is 2.95. The zero-order valence-electron chi connectivity index (χ0n) is 12.1. The average Bonchev–Trinajstić information content (AvgIpc) is 2.43. The lowest BCUT2D eigenvalue weighted by atomic mass is 10.2.